The zero-order valence-corrected chi connectivity index (χ0v) is 20.1. The Morgan fingerprint density at radius 2 is 1.83 bits per heavy atom. The minimum absolute atomic E-state index is 0.0899. The fourth-order valence-corrected chi connectivity index (χ4v) is 6.26. The maximum absolute atomic E-state index is 6.57. The number of fused-ring (bicyclic) bond motifs is 7. The lowest BCUT2D eigenvalue weighted by molar-refractivity contribution is 0.478. The summed E-state index contributed by atoms with van der Waals surface area (Å²) in [6.45, 7) is 3.30. The third-order valence-corrected chi connectivity index (χ3v) is 8.13. The smallest absolute Gasteiger partial charge is 0.136 e. The molecule has 2 N–H and O–H groups in total. The molecule has 4 atom stereocenters. The molecule has 176 valence electrons. The zero-order valence-electron chi connectivity index (χ0n) is 20.1. The van der Waals surface area contributed by atoms with E-state index in [2.05, 4.69) is 120 Å². The predicted octanol–water partition coefficient (Wildman–Crippen LogP) is 6.67. The van der Waals surface area contributed by atoms with Crippen molar-refractivity contribution in [3.05, 3.63) is 119 Å². The second kappa shape index (κ2) is 7.49. The maximum Gasteiger partial charge on any atom is 0.136 e. The number of anilines is 2. The molecule has 3 aliphatic heterocycles. The molecular weight excluding hydrogens is 442 g/mol. The van der Waals surface area contributed by atoms with E-state index in [0.29, 0.717) is 6.04 Å². The summed E-state index contributed by atoms with van der Waals surface area (Å²) < 4.78 is 6.57. The first-order chi connectivity index (χ1) is 17.8. The third-order valence-electron chi connectivity index (χ3n) is 8.13. The van der Waals surface area contributed by atoms with Crippen molar-refractivity contribution in [3.63, 3.8) is 0 Å². The van der Waals surface area contributed by atoms with Gasteiger partial charge in [0.25, 0.3) is 0 Å². The van der Waals surface area contributed by atoms with E-state index in [9.17, 15) is 0 Å². The molecule has 36 heavy (non-hydrogen) atoms. The molecule has 4 unspecified atom stereocenters. The highest BCUT2D eigenvalue weighted by atomic mass is 16.3. The first-order valence-electron chi connectivity index (χ1n) is 12.9. The molecular formula is C32H27N3O. The van der Waals surface area contributed by atoms with Gasteiger partial charge in [-0.25, -0.2) is 0 Å². The van der Waals surface area contributed by atoms with E-state index < -0.39 is 0 Å². The maximum atomic E-state index is 6.57. The highest BCUT2D eigenvalue weighted by Gasteiger charge is 2.44. The Morgan fingerprint density at radius 1 is 0.972 bits per heavy atom. The Hall–Kier alpha value is -4.02. The molecule has 8 rings (SSSR count). The van der Waals surface area contributed by atoms with Crippen LogP contribution in [-0.4, -0.2) is 18.6 Å². The topological polar surface area (TPSA) is 50.4 Å². The molecule has 4 aliphatic rings. The largest absolute Gasteiger partial charge is 0.458 e. The van der Waals surface area contributed by atoms with Crippen molar-refractivity contribution in [1.29, 1.82) is 0 Å². The molecule has 3 aromatic carbocycles. The van der Waals surface area contributed by atoms with Gasteiger partial charge in [-0.3, -0.25) is 0 Å². The van der Waals surface area contributed by atoms with Crippen LogP contribution < -0.4 is 15.5 Å². The van der Waals surface area contributed by atoms with Gasteiger partial charge in [0.05, 0.1) is 0 Å². The van der Waals surface area contributed by atoms with Crippen molar-refractivity contribution in [2.45, 2.75) is 31.0 Å². The molecule has 0 bridgehead atoms. The van der Waals surface area contributed by atoms with Crippen molar-refractivity contribution in [3.8, 4) is 0 Å². The Morgan fingerprint density at radius 3 is 2.75 bits per heavy atom. The van der Waals surface area contributed by atoms with Gasteiger partial charge in [-0.05, 0) is 53.5 Å². The van der Waals surface area contributed by atoms with Crippen LogP contribution in [0.1, 0.15) is 41.3 Å². The van der Waals surface area contributed by atoms with E-state index in [4.69, 9.17) is 4.42 Å². The van der Waals surface area contributed by atoms with Crippen molar-refractivity contribution in [2.24, 2.45) is 0 Å². The van der Waals surface area contributed by atoms with Crippen molar-refractivity contribution in [1.82, 2.24) is 10.6 Å². The molecule has 4 aromatic rings. The van der Waals surface area contributed by atoms with E-state index in [-0.39, 0.29) is 18.0 Å². The summed E-state index contributed by atoms with van der Waals surface area (Å²) >= 11 is 0. The van der Waals surface area contributed by atoms with E-state index in [1.54, 1.807) is 0 Å². The molecule has 1 aliphatic carbocycles. The van der Waals surface area contributed by atoms with Crippen LogP contribution in [0, 0.1) is 0 Å². The third kappa shape index (κ3) is 2.91. The van der Waals surface area contributed by atoms with Crippen LogP contribution in [0.3, 0.4) is 0 Å². The molecule has 0 saturated carbocycles. The van der Waals surface area contributed by atoms with Gasteiger partial charge in [-0.15, -0.1) is 0 Å². The number of rotatable bonds is 3. The fraction of sp³-hybridized carbons (Fsp3) is 0.188. The van der Waals surface area contributed by atoms with Crippen LogP contribution >= 0.6 is 0 Å². The number of nitrogens with one attached hydrogen (secondary N) is 2. The van der Waals surface area contributed by atoms with Crippen molar-refractivity contribution < 1.29 is 4.42 Å². The zero-order chi connectivity index (χ0) is 23.8. The van der Waals surface area contributed by atoms with E-state index in [0.717, 1.165) is 17.9 Å². The molecule has 0 amide bonds. The number of hydrogen-bond donors (Lipinski definition) is 2. The van der Waals surface area contributed by atoms with Crippen LogP contribution in [-0.2, 0) is 0 Å². The summed E-state index contributed by atoms with van der Waals surface area (Å²) in [5.74, 6) is 1.31. The number of hydrogen-bond acceptors (Lipinski definition) is 4. The first-order valence-corrected chi connectivity index (χ1v) is 12.9. The van der Waals surface area contributed by atoms with Gasteiger partial charge in [0.1, 0.15) is 17.4 Å². The molecule has 1 saturated heterocycles. The second-order valence-corrected chi connectivity index (χ2v) is 10.3. The Labute approximate surface area is 210 Å². The van der Waals surface area contributed by atoms with E-state index >= 15 is 0 Å². The normalized spacial score (nSPS) is 25.5. The number of dihydropyridines is 1. The molecule has 4 nitrogen and oxygen atoms in total. The average Bonchev–Trinajstić information content (AvgIpc) is 3.62. The van der Waals surface area contributed by atoms with Gasteiger partial charge in [-0.1, -0.05) is 66.8 Å². The molecule has 1 aromatic heterocycles. The molecule has 0 radical (unpaired) electrons. The second-order valence-electron chi connectivity index (χ2n) is 10.3. The van der Waals surface area contributed by atoms with Crippen LogP contribution in [0.15, 0.2) is 101 Å². The summed E-state index contributed by atoms with van der Waals surface area (Å²) in [6, 6.07) is 27.1. The van der Waals surface area contributed by atoms with Crippen molar-refractivity contribution >= 4 is 34.0 Å². The van der Waals surface area contributed by atoms with Gasteiger partial charge in [-0.2, -0.15) is 0 Å². The van der Waals surface area contributed by atoms with E-state index in [1.807, 2.05) is 0 Å². The van der Waals surface area contributed by atoms with Gasteiger partial charge in [0.2, 0.25) is 0 Å². The summed E-state index contributed by atoms with van der Waals surface area (Å²) in [7, 11) is 0. The minimum atomic E-state index is 0.0899. The predicted molar refractivity (Wildman–Crippen MR) is 146 cm³/mol. The average molecular weight is 470 g/mol. The SMILES string of the molecule is CC1NC=C(C2CN2)C=C1c1cccc(N2c3ccccc3C3C=Cc4c(oc5ccccc45)C32)c1. The summed E-state index contributed by atoms with van der Waals surface area (Å²) in [4.78, 5) is 2.49. The van der Waals surface area contributed by atoms with E-state index in [1.165, 1.54) is 44.6 Å². The van der Waals surface area contributed by atoms with Crippen LogP contribution in [0.2, 0.25) is 0 Å². The lowest BCUT2D eigenvalue weighted by Gasteiger charge is -2.31. The standard InChI is InChI=1S/C32H27N3O/c1-19-27(16-21(17-33-19)28-18-34-28)20-7-6-8-22(15-20)35-29-11-4-2-9-23(29)25-13-14-26-24-10-3-5-12-30(24)36-32(26)31(25)35/h2-17,19,25,28,31,33-34H,18H2,1H3. The minimum Gasteiger partial charge on any atom is -0.458 e. The molecule has 1 fully saturated rings. The van der Waals surface area contributed by atoms with Crippen LogP contribution in [0.4, 0.5) is 11.4 Å². The quantitative estimate of drug-likeness (QED) is 0.329. The van der Waals surface area contributed by atoms with Crippen LogP contribution in [0.25, 0.3) is 22.6 Å². The van der Waals surface area contributed by atoms with Gasteiger partial charge >= 0.3 is 0 Å². The molecule has 4 heterocycles. The monoisotopic (exact) mass is 469 g/mol. The number of nitrogens with zero attached hydrogens (tertiary/aromatic N) is 1. The summed E-state index contributed by atoms with van der Waals surface area (Å²) in [5, 5.41) is 8.19. The number of benzene rings is 3. The molecule has 0 spiro atoms. The fourth-order valence-electron chi connectivity index (χ4n) is 6.26. The lowest BCUT2D eigenvalue weighted by atomic mass is 9.86. The highest BCUT2D eigenvalue weighted by molar-refractivity contribution is 5.91. The summed E-state index contributed by atoms with van der Waals surface area (Å²) in [5.41, 5.74) is 9.91. The molecule has 4 heteroatoms. The summed E-state index contributed by atoms with van der Waals surface area (Å²) in [6.07, 6.45) is 9.17. The lowest BCUT2D eigenvalue weighted by Crippen LogP contribution is -2.27. The van der Waals surface area contributed by atoms with Gasteiger partial charge < -0.3 is 20.0 Å². The van der Waals surface area contributed by atoms with Gasteiger partial charge in [0.15, 0.2) is 0 Å². The number of furan rings is 1. The van der Waals surface area contributed by atoms with Crippen LogP contribution in [0.5, 0.6) is 0 Å². The highest BCUT2D eigenvalue weighted by Crippen LogP contribution is 2.57. The van der Waals surface area contributed by atoms with Gasteiger partial charge in [0, 0.05) is 53.1 Å². The first kappa shape index (κ1) is 20.2. The van der Waals surface area contributed by atoms with Crippen molar-refractivity contribution in [2.75, 3.05) is 11.4 Å². The number of para-hydroxylation sites is 2. The Bertz CT molecular complexity index is 1620. The Kier molecular flexibility index (Phi) is 4.20. The Balaban J connectivity index is 1.28.